The number of carbonyl (C=O) groups is 1. The van der Waals surface area contributed by atoms with Crippen LogP contribution in [0.25, 0.3) is 17.4 Å². The van der Waals surface area contributed by atoms with Gasteiger partial charge in [0.25, 0.3) is 5.24 Å². The van der Waals surface area contributed by atoms with E-state index >= 15 is 0 Å². The Hall–Kier alpha value is -2.25. The lowest BCUT2D eigenvalue weighted by Crippen LogP contribution is -2.26. The maximum absolute atomic E-state index is 12.6. The highest BCUT2D eigenvalue weighted by atomic mass is 35.5. The molecule has 0 atom stereocenters. The first-order valence-corrected chi connectivity index (χ1v) is 11.0. The smallest absolute Gasteiger partial charge is 0.296 e. The number of thiocarbonyl (C=S) groups is 1. The first kappa shape index (κ1) is 21.0. The fraction of sp³-hybridized carbons (Fsp3) is 0.0909. The van der Waals surface area contributed by atoms with E-state index in [0.29, 0.717) is 49.3 Å². The number of hydrogen-bond acceptors (Lipinski definition) is 5. The van der Waals surface area contributed by atoms with Gasteiger partial charge in [0.2, 0.25) is 0 Å². The molecule has 0 bridgehead atoms. The van der Waals surface area contributed by atoms with Gasteiger partial charge in [-0.25, -0.2) is 0 Å². The van der Waals surface area contributed by atoms with E-state index in [-0.39, 0.29) is 5.24 Å². The van der Waals surface area contributed by atoms with Crippen LogP contribution in [-0.2, 0) is 0 Å². The summed E-state index contributed by atoms with van der Waals surface area (Å²) in [6.07, 6.45) is 1.75. The maximum atomic E-state index is 12.6. The van der Waals surface area contributed by atoms with E-state index in [1.165, 1.54) is 4.90 Å². The van der Waals surface area contributed by atoms with Crippen LogP contribution in [0.5, 0.6) is 5.75 Å². The molecule has 0 radical (unpaired) electrons. The molecule has 4 rings (SSSR count). The van der Waals surface area contributed by atoms with Crippen molar-refractivity contribution in [2.75, 3.05) is 11.5 Å². The molecule has 0 aliphatic carbocycles. The highest BCUT2D eigenvalue weighted by Crippen LogP contribution is 2.39. The van der Waals surface area contributed by atoms with Crippen molar-refractivity contribution in [1.82, 2.24) is 0 Å². The third-order valence-corrected chi connectivity index (χ3v) is 6.56. The predicted octanol–water partition coefficient (Wildman–Crippen LogP) is 7.69. The minimum absolute atomic E-state index is 0.167. The van der Waals surface area contributed by atoms with Gasteiger partial charge in [-0.05, 0) is 73.3 Å². The average Bonchev–Trinajstić information content (AvgIpc) is 3.30. The Morgan fingerprint density at radius 1 is 1.13 bits per heavy atom. The van der Waals surface area contributed by atoms with Gasteiger partial charge in [0.15, 0.2) is 0 Å². The van der Waals surface area contributed by atoms with Gasteiger partial charge in [0.1, 0.15) is 22.3 Å². The molecule has 1 saturated heterocycles. The zero-order valence-electron chi connectivity index (χ0n) is 15.7. The number of ether oxygens (including phenoxy) is 1. The molecule has 0 unspecified atom stereocenters. The molecule has 3 aromatic rings. The van der Waals surface area contributed by atoms with Gasteiger partial charge in [0.05, 0.1) is 27.2 Å². The molecule has 8 heteroatoms. The molecule has 0 spiro atoms. The van der Waals surface area contributed by atoms with Crippen LogP contribution in [0.1, 0.15) is 12.7 Å². The highest BCUT2D eigenvalue weighted by molar-refractivity contribution is 8.20. The number of thioether (sulfide) groups is 1. The van der Waals surface area contributed by atoms with E-state index in [1.54, 1.807) is 30.3 Å². The first-order chi connectivity index (χ1) is 14.5. The average molecular weight is 476 g/mol. The molecule has 1 aromatic heterocycles. The highest BCUT2D eigenvalue weighted by Gasteiger charge is 2.33. The van der Waals surface area contributed by atoms with Crippen molar-refractivity contribution in [2.45, 2.75) is 6.92 Å². The summed E-state index contributed by atoms with van der Waals surface area (Å²) >= 11 is 19.0. The molecular formula is C22H15Cl2NO3S2. The number of benzene rings is 2. The Balaban J connectivity index is 1.58. The number of carbonyl (C=O) groups excluding carboxylic acids is 1. The second kappa shape index (κ2) is 8.86. The molecule has 1 aliphatic rings. The Morgan fingerprint density at radius 2 is 1.90 bits per heavy atom. The Morgan fingerprint density at radius 3 is 2.63 bits per heavy atom. The van der Waals surface area contributed by atoms with E-state index < -0.39 is 0 Å². The van der Waals surface area contributed by atoms with Crippen LogP contribution in [0, 0.1) is 0 Å². The predicted molar refractivity (Wildman–Crippen MR) is 128 cm³/mol. The van der Waals surface area contributed by atoms with Crippen molar-refractivity contribution in [1.29, 1.82) is 0 Å². The van der Waals surface area contributed by atoms with Crippen LogP contribution in [0.4, 0.5) is 10.5 Å². The number of furan rings is 1. The summed E-state index contributed by atoms with van der Waals surface area (Å²) in [4.78, 5) is 15.1. The summed E-state index contributed by atoms with van der Waals surface area (Å²) in [6, 6.07) is 16.2. The largest absolute Gasteiger partial charge is 0.494 e. The maximum Gasteiger partial charge on any atom is 0.296 e. The fourth-order valence-corrected chi connectivity index (χ4v) is 4.60. The van der Waals surface area contributed by atoms with E-state index in [9.17, 15) is 4.79 Å². The summed E-state index contributed by atoms with van der Waals surface area (Å²) in [6.45, 7) is 2.50. The van der Waals surface area contributed by atoms with Crippen LogP contribution in [-0.4, -0.2) is 16.8 Å². The summed E-state index contributed by atoms with van der Waals surface area (Å²) < 4.78 is 11.3. The van der Waals surface area contributed by atoms with Crippen molar-refractivity contribution in [3.63, 3.8) is 0 Å². The van der Waals surface area contributed by atoms with Crippen molar-refractivity contribution < 1.29 is 13.9 Å². The number of anilines is 1. The number of rotatable bonds is 5. The number of nitrogens with zero attached hydrogens (tertiary/aromatic N) is 1. The molecule has 0 N–H and O–H groups in total. The molecule has 2 heterocycles. The Labute approximate surface area is 193 Å². The number of halogens is 2. The van der Waals surface area contributed by atoms with E-state index in [1.807, 2.05) is 37.3 Å². The van der Waals surface area contributed by atoms with E-state index in [4.69, 9.17) is 44.6 Å². The Kier molecular flexibility index (Phi) is 6.20. The van der Waals surface area contributed by atoms with Gasteiger partial charge in [-0.1, -0.05) is 41.5 Å². The molecular weight excluding hydrogens is 461 g/mol. The molecule has 4 nitrogen and oxygen atoms in total. The Bertz CT molecular complexity index is 1160. The molecule has 0 saturated carbocycles. The second-order valence-electron chi connectivity index (χ2n) is 6.25. The molecule has 152 valence electrons. The molecule has 30 heavy (non-hydrogen) atoms. The fourth-order valence-electron chi connectivity index (χ4n) is 2.95. The van der Waals surface area contributed by atoms with Crippen molar-refractivity contribution >= 4 is 69.2 Å². The normalized spacial score (nSPS) is 15.3. The molecule has 1 fully saturated rings. The molecule has 1 amide bonds. The second-order valence-corrected chi connectivity index (χ2v) is 8.41. The standard InChI is InChI=1S/C22H15Cl2NO3S2/c1-2-27-14-8-6-13(7-9-14)25-21(29)19(30-22(25)26)12-15-10-11-18(28-15)16-4-3-5-17(23)20(16)24/h3-12H,2H2,1H3. The van der Waals surface area contributed by atoms with E-state index in [2.05, 4.69) is 0 Å². The lowest BCUT2D eigenvalue weighted by molar-refractivity contribution is 0.268. The minimum atomic E-state index is -0.167. The van der Waals surface area contributed by atoms with Crippen LogP contribution in [0.15, 0.2) is 63.9 Å². The van der Waals surface area contributed by atoms with Crippen molar-refractivity contribution in [2.24, 2.45) is 0 Å². The van der Waals surface area contributed by atoms with Crippen LogP contribution < -0.4 is 9.64 Å². The van der Waals surface area contributed by atoms with Gasteiger partial charge in [0, 0.05) is 5.56 Å². The van der Waals surface area contributed by atoms with Gasteiger partial charge in [-0.2, -0.15) is 0 Å². The topological polar surface area (TPSA) is 42.7 Å². The quantitative estimate of drug-likeness (QED) is 0.279. The summed E-state index contributed by atoms with van der Waals surface area (Å²) in [7, 11) is 0. The third kappa shape index (κ3) is 4.14. The van der Waals surface area contributed by atoms with Crippen LogP contribution in [0.3, 0.4) is 0 Å². The summed E-state index contributed by atoms with van der Waals surface area (Å²) in [5.41, 5.74) is 1.39. The number of amides is 1. The van der Waals surface area contributed by atoms with Crippen molar-refractivity contribution in [3.8, 4) is 17.1 Å². The van der Waals surface area contributed by atoms with Crippen molar-refractivity contribution in [3.05, 3.63) is 75.3 Å². The summed E-state index contributed by atoms with van der Waals surface area (Å²) in [5, 5.41) is 0.713. The van der Waals surface area contributed by atoms with Gasteiger partial charge in [-0.15, -0.1) is 0 Å². The third-order valence-electron chi connectivity index (χ3n) is 4.32. The van der Waals surface area contributed by atoms with Crippen LogP contribution >= 0.6 is 47.2 Å². The molecule has 1 aliphatic heterocycles. The number of hydrogen-bond donors (Lipinski definition) is 0. The SMILES string of the molecule is CCOc1ccc(N2C(=O)SC(=Cc3ccc(-c4cccc(Cl)c4Cl)o3)C2=S)cc1. The molecule has 2 aromatic carbocycles. The van der Waals surface area contributed by atoms with Gasteiger partial charge >= 0.3 is 0 Å². The zero-order valence-corrected chi connectivity index (χ0v) is 18.9. The lowest BCUT2D eigenvalue weighted by atomic mass is 10.2. The monoisotopic (exact) mass is 475 g/mol. The summed E-state index contributed by atoms with van der Waals surface area (Å²) in [5.74, 6) is 1.88. The van der Waals surface area contributed by atoms with Crippen LogP contribution in [0.2, 0.25) is 10.0 Å². The minimum Gasteiger partial charge on any atom is -0.494 e. The van der Waals surface area contributed by atoms with Gasteiger partial charge < -0.3 is 9.15 Å². The van der Waals surface area contributed by atoms with Gasteiger partial charge in [-0.3, -0.25) is 9.69 Å². The van der Waals surface area contributed by atoms with E-state index in [0.717, 1.165) is 17.5 Å². The lowest BCUT2D eigenvalue weighted by Gasteiger charge is -2.15. The first-order valence-electron chi connectivity index (χ1n) is 9.03. The zero-order chi connectivity index (χ0) is 21.3.